The first-order valence-electron chi connectivity index (χ1n) is 6.35. The Balaban J connectivity index is 2.53. The van der Waals surface area contributed by atoms with Crippen LogP contribution in [0.1, 0.15) is 20.3 Å². The van der Waals surface area contributed by atoms with Crippen LogP contribution in [0.4, 0.5) is 0 Å². The molecule has 0 aliphatic carbocycles. The Kier molecular flexibility index (Phi) is 7.34. The van der Waals surface area contributed by atoms with Crippen LogP contribution in [-0.2, 0) is 9.53 Å². The summed E-state index contributed by atoms with van der Waals surface area (Å²) in [4.78, 5) is 12.0. The van der Waals surface area contributed by atoms with Crippen molar-refractivity contribution in [2.24, 2.45) is 0 Å². The van der Waals surface area contributed by atoms with E-state index in [2.05, 4.69) is 21.2 Å². The average molecular weight is 365 g/mol. The fourth-order valence-corrected chi connectivity index (χ4v) is 2.32. The second kappa shape index (κ2) is 8.49. The maximum Gasteiger partial charge on any atom is 0.260 e. The highest BCUT2D eigenvalue weighted by Crippen LogP contribution is 2.28. The van der Waals surface area contributed by atoms with E-state index in [0.717, 1.165) is 10.9 Å². The van der Waals surface area contributed by atoms with Crippen LogP contribution in [0.15, 0.2) is 22.7 Å². The highest BCUT2D eigenvalue weighted by molar-refractivity contribution is 9.10. The van der Waals surface area contributed by atoms with Gasteiger partial charge in [-0.25, -0.2) is 0 Å². The van der Waals surface area contributed by atoms with Gasteiger partial charge in [0, 0.05) is 24.8 Å². The molecule has 20 heavy (non-hydrogen) atoms. The molecule has 2 unspecified atom stereocenters. The van der Waals surface area contributed by atoms with Gasteiger partial charge < -0.3 is 14.8 Å². The number of ether oxygens (including phenoxy) is 2. The van der Waals surface area contributed by atoms with Crippen LogP contribution in [-0.4, -0.2) is 31.8 Å². The summed E-state index contributed by atoms with van der Waals surface area (Å²) in [5, 5.41) is 3.49. The number of rotatable bonds is 7. The molecule has 1 aromatic carbocycles. The van der Waals surface area contributed by atoms with Crippen molar-refractivity contribution in [3.05, 3.63) is 27.7 Å². The van der Waals surface area contributed by atoms with Gasteiger partial charge in [0.2, 0.25) is 0 Å². The van der Waals surface area contributed by atoms with Gasteiger partial charge in [-0.05, 0) is 54.4 Å². The van der Waals surface area contributed by atoms with Crippen molar-refractivity contribution in [1.29, 1.82) is 0 Å². The van der Waals surface area contributed by atoms with E-state index in [1.54, 1.807) is 32.2 Å². The van der Waals surface area contributed by atoms with Gasteiger partial charge in [-0.15, -0.1) is 0 Å². The molecule has 1 amide bonds. The van der Waals surface area contributed by atoms with E-state index in [1.165, 1.54) is 0 Å². The van der Waals surface area contributed by atoms with Crippen LogP contribution >= 0.6 is 27.5 Å². The Bertz CT molecular complexity index is 456. The SMILES string of the molecule is COCCC(C)NC(=O)C(C)Oc1ccc(Cl)cc1Br. The van der Waals surface area contributed by atoms with Crippen LogP contribution in [0.2, 0.25) is 5.02 Å². The molecule has 0 saturated carbocycles. The minimum atomic E-state index is -0.586. The lowest BCUT2D eigenvalue weighted by Crippen LogP contribution is -2.41. The van der Waals surface area contributed by atoms with Crippen molar-refractivity contribution in [1.82, 2.24) is 5.32 Å². The zero-order chi connectivity index (χ0) is 15.1. The summed E-state index contributed by atoms with van der Waals surface area (Å²) in [6, 6.07) is 5.21. The molecule has 112 valence electrons. The number of hydrogen-bond donors (Lipinski definition) is 1. The van der Waals surface area contributed by atoms with Gasteiger partial charge in [0.25, 0.3) is 5.91 Å². The van der Waals surface area contributed by atoms with Gasteiger partial charge in [-0.1, -0.05) is 11.6 Å². The van der Waals surface area contributed by atoms with E-state index in [0.29, 0.717) is 17.4 Å². The Morgan fingerprint density at radius 3 is 2.75 bits per heavy atom. The number of halogens is 2. The first-order valence-corrected chi connectivity index (χ1v) is 7.52. The normalized spacial score (nSPS) is 13.7. The van der Waals surface area contributed by atoms with Gasteiger partial charge in [0.1, 0.15) is 5.75 Å². The number of nitrogens with one attached hydrogen (secondary N) is 1. The van der Waals surface area contributed by atoms with Crippen LogP contribution < -0.4 is 10.1 Å². The molecule has 1 aromatic rings. The second-order valence-corrected chi connectivity index (χ2v) is 5.82. The van der Waals surface area contributed by atoms with Crippen LogP contribution in [0.25, 0.3) is 0 Å². The summed E-state index contributed by atoms with van der Waals surface area (Å²) >= 11 is 9.21. The predicted octanol–water partition coefficient (Wildman–Crippen LogP) is 3.41. The minimum absolute atomic E-state index is 0.0437. The summed E-state index contributed by atoms with van der Waals surface area (Å²) in [5.41, 5.74) is 0. The number of benzene rings is 1. The molecule has 0 bridgehead atoms. The highest BCUT2D eigenvalue weighted by Gasteiger charge is 2.17. The van der Waals surface area contributed by atoms with E-state index in [9.17, 15) is 4.79 Å². The number of amides is 1. The molecule has 1 N–H and O–H groups in total. The first-order chi connectivity index (χ1) is 9.43. The third-order valence-electron chi connectivity index (χ3n) is 2.71. The molecular weight excluding hydrogens is 346 g/mol. The molecule has 0 aliphatic heterocycles. The van der Waals surface area contributed by atoms with Crippen molar-refractivity contribution in [2.75, 3.05) is 13.7 Å². The first kappa shape index (κ1) is 17.3. The number of hydrogen-bond acceptors (Lipinski definition) is 3. The molecular formula is C14H19BrClNO3. The standard InChI is InChI=1S/C14H19BrClNO3/c1-9(6-7-19-3)17-14(18)10(2)20-13-5-4-11(16)8-12(13)15/h4-5,8-10H,6-7H2,1-3H3,(H,17,18). The Hall–Kier alpha value is -0.780. The molecule has 0 aliphatic rings. The lowest BCUT2D eigenvalue weighted by atomic mass is 10.2. The van der Waals surface area contributed by atoms with Gasteiger partial charge in [-0.2, -0.15) is 0 Å². The molecule has 0 aromatic heterocycles. The monoisotopic (exact) mass is 363 g/mol. The zero-order valence-electron chi connectivity index (χ0n) is 11.8. The zero-order valence-corrected chi connectivity index (χ0v) is 14.1. The van der Waals surface area contributed by atoms with Crippen molar-refractivity contribution in [3.8, 4) is 5.75 Å². The van der Waals surface area contributed by atoms with Gasteiger partial charge >= 0.3 is 0 Å². The molecule has 4 nitrogen and oxygen atoms in total. The largest absolute Gasteiger partial charge is 0.480 e. The van der Waals surface area contributed by atoms with Crippen LogP contribution in [0.5, 0.6) is 5.75 Å². The van der Waals surface area contributed by atoms with Crippen molar-refractivity contribution in [2.45, 2.75) is 32.4 Å². The van der Waals surface area contributed by atoms with Crippen LogP contribution in [0.3, 0.4) is 0 Å². The predicted molar refractivity (Wildman–Crippen MR) is 83.3 cm³/mol. The topological polar surface area (TPSA) is 47.6 Å². The molecule has 0 heterocycles. The Morgan fingerprint density at radius 1 is 1.45 bits per heavy atom. The minimum Gasteiger partial charge on any atom is -0.480 e. The molecule has 1 rings (SSSR count). The number of carbonyl (C=O) groups excluding carboxylic acids is 1. The molecule has 2 atom stereocenters. The fourth-order valence-electron chi connectivity index (χ4n) is 1.54. The van der Waals surface area contributed by atoms with Gasteiger partial charge in [0.15, 0.2) is 6.10 Å². The Labute approximate surface area is 132 Å². The molecule has 6 heteroatoms. The van der Waals surface area contributed by atoms with E-state index in [1.807, 2.05) is 6.92 Å². The summed E-state index contributed by atoms with van der Waals surface area (Å²) in [5.74, 6) is 0.428. The van der Waals surface area contributed by atoms with Crippen molar-refractivity contribution >= 4 is 33.4 Å². The van der Waals surface area contributed by atoms with E-state index in [4.69, 9.17) is 21.1 Å². The van der Waals surface area contributed by atoms with E-state index < -0.39 is 6.10 Å². The van der Waals surface area contributed by atoms with Gasteiger partial charge in [0.05, 0.1) is 4.47 Å². The molecule has 0 spiro atoms. The molecule has 0 saturated heterocycles. The third kappa shape index (κ3) is 5.69. The smallest absolute Gasteiger partial charge is 0.260 e. The highest BCUT2D eigenvalue weighted by atomic mass is 79.9. The maximum absolute atomic E-state index is 12.0. The van der Waals surface area contributed by atoms with E-state index in [-0.39, 0.29) is 11.9 Å². The van der Waals surface area contributed by atoms with E-state index >= 15 is 0 Å². The number of carbonyl (C=O) groups is 1. The quantitative estimate of drug-likeness (QED) is 0.806. The van der Waals surface area contributed by atoms with Gasteiger partial charge in [-0.3, -0.25) is 4.79 Å². The maximum atomic E-state index is 12.0. The second-order valence-electron chi connectivity index (χ2n) is 4.53. The fraction of sp³-hybridized carbons (Fsp3) is 0.500. The summed E-state index contributed by atoms with van der Waals surface area (Å²) in [6.07, 6.45) is 0.178. The Morgan fingerprint density at radius 2 is 2.15 bits per heavy atom. The van der Waals surface area contributed by atoms with Crippen LogP contribution in [0, 0.1) is 0 Å². The summed E-state index contributed by atoms with van der Waals surface area (Å²) in [6.45, 7) is 4.25. The molecule has 0 radical (unpaired) electrons. The summed E-state index contributed by atoms with van der Waals surface area (Å²) < 4.78 is 11.3. The lowest BCUT2D eigenvalue weighted by molar-refractivity contribution is -0.128. The van der Waals surface area contributed by atoms with Crippen molar-refractivity contribution < 1.29 is 14.3 Å². The molecule has 0 fully saturated rings. The average Bonchev–Trinajstić information content (AvgIpc) is 2.39. The summed E-state index contributed by atoms with van der Waals surface area (Å²) in [7, 11) is 1.64. The van der Waals surface area contributed by atoms with Crippen molar-refractivity contribution in [3.63, 3.8) is 0 Å². The number of methoxy groups -OCH3 is 1. The third-order valence-corrected chi connectivity index (χ3v) is 3.57. The lowest BCUT2D eigenvalue weighted by Gasteiger charge is -2.19.